The van der Waals surface area contributed by atoms with Crippen molar-refractivity contribution in [3.05, 3.63) is 54.1 Å². The number of aryl methyl sites for hydroxylation is 1. The van der Waals surface area contributed by atoms with Gasteiger partial charge < -0.3 is 10.1 Å². The van der Waals surface area contributed by atoms with Crippen LogP contribution in [0, 0.1) is 6.92 Å². The van der Waals surface area contributed by atoms with Gasteiger partial charge >= 0.3 is 6.09 Å². The second-order valence-corrected chi connectivity index (χ2v) is 4.17. The first-order valence-electron chi connectivity index (χ1n) is 6.03. The van der Waals surface area contributed by atoms with Gasteiger partial charge in [-0.2, -0.15) is 0 Å². The van der Waals surface area contributed by atoms with E-state index in [9.17, 15) is 9.59 Å². The van der Waals surface area contributed by atoms with E-state index in [1.165, 1.54) is 0 Å². The van der Waals surface area contributed by atoms with Crippen molar-refractivity contribution in [1.29, 1.82) is 0 Å². The van der Waals surface area contributed by atoms with Gasteiger partial charge in [-0.15, -0.1) is 0 Å². The molecule has 20 heavy (non-hydrogen) atoms. The zero-order valence-corrected chi connectivity index (χ0v) is 10.9. The van der Waals surface area contributed by atoms with Gasteiger partial charge in [0.1, 0.15) is 5.75 Å². The number of anilines is 2. The van der Waals surface area contributed by atoms with E-state index in [-0.39, 0.29) is 0 Å². The van der Waals surface area contributed by atoms with Crippen molar-refractivity contribution in [2.24, 2.45) is 0 Å². The standard InChI is InChI=1S/C15H14N2O3/c1-11-4-2-6-13(8-11)17-15(19)20-14-7-3-5-12(9-14)16-10-18/h2-10H,1H3,(H,16,18)(H,17,19). The minimum Gasteiger partial charge on any atom is -0.410 e. The fourth-order valence-electron chi connectivity index (χ4n) is 1.69. The summed E-state index contributed by atoms with van der Waals surface area (Å²) in [5, 5.41) is 5.12. The molecule has 2 aromatic carbocycles. The van der Waals surface area contributed by atoms with E-state index in [0.717, 1.165) is 5.56 Å². The Bertz CT molecular complexity index is 626. The second-order valence-electron chi connectivity index (χ2n) is 4.17. The molecule has 0 aromatic heterocycles. The molecule has 0 atom stereocenters. The molecule has 5 heteroatoms. The Labute approximate surface area is 116 Å². The molecule has 2 aromatic rings. The average molecular weight is 270 g/mol. The van der Waals surface area contributed by atoms with Gasteiger partial charge in [0, 0.05) is 17.4 Å². The summed E-state index contributed by atoms with van der Waals surface area (Å²) in [6.07, 6.45) is -0.0230. The molecule has 2 amide bonds. The van der Waals surface area contributed by atoms with Gasteiger partial charge in [-0.05, 0) is 36.8 Å². The summed E-state index contributed by atoms with van der Waals surface area (Å²) in [6, 6.07) is 14.0. The van der Waals surface area contributed by atoms with Crippen LogP contribution in [-0.2, 0) is 4.79 Å². The number of hydrogen-bond donors (Lipinski definition) is 2. The van der Waals surface area contributed by atoms with Gasteiger partial charge in [-0.25, -0.2) is 4.79 Å². The van der Waals surface area contributed by atoms with Gasteiger partial charge in [-0.3, -0.25) is 10.1 Å². The second kappa shape index (κ2) is 6.38. The summed E-state index contributed by atoms with van der Waals surface area (Å²) in [6.45, 7) is 1.94. The number of amides is 2. The average Bonchev–Trinajstić information content (AvgIpc) is 2.39. The minimum absolute atomic E-state index is 0.349. The predicted molar refractivity (Wildman–Crippen MR) is 77.0 cm³/mol. The van der Waals surface area contributed by atoms with Gasteiger partial charge in [0.05, 0.1) is 0 Å². The maximum atomic E-state index is 11.7. The summed E-state index contributed by atoms with van der Waals surface area (Å²) < 4.78 is 5.14. The number of carbonyl (C=O) groups excluding carboxylic acids is 2. The fourth-order valence-corrected chi connectivity index (χ4v) is 1.69. The fraction of sp³-hybridized carbons (Fsp3) is 0.0667. The third-order valence-corrected chi connectivity index (χ3v) is 2.53. The van der Waals surface area contributed by atoms with Crippen LogP contribution < -0.4 is 15.4 Å². The Morgan fingerprint density at radius 3 is 2.60 bits per heavy atom. The van der Waals surface area contributed by atoms with Gasteiger partial charge in [0.25, 0.3) is 0 Å². The van der Waals surface area contributed by atoms with E-state index < -0.39 is 6.09 Å². The first kappa shape index (κ1) is 13.6. The smallest absolute Gasteiger partial charge is 0.410 e. The molecule has 2 rings (SSSR count). The van der Waals surface area contributed by atoms with Crippen molar-refractivity contribution in [3.8, 4) is 5.75 Å². The highest BCUT2D eigenvalue weighted by Gasteiger charge is 2.05. The number of hydrogen-bond acceptors (Lipinski definition) is 3. The maximum Gasteiger partial charge on any atom is 0.417 e. The first-order chi connectivity index (χ1) is 9.67. The van der Waals surface area contributed by atoms with Crippen LogP contribution in [0.4, 0.5) is 16.2 Å². The summed E-state index contributed by atoms with van der Waals surface area (Å²) >= 11 is 0. The van der Waals surface area contributed by atoms with E-state index >= 15 is 0 Å². The van der Waals surface area contributed by atoms with E-state index in [2.05, 4.69) is 10.6 Å². The first-order valence-corrected chi connectivity index (χ1v) is 6.03. The van der Waals surface area contributed by atoms with Crippen molar-refractivity contribution in [1.82, 2.24) is 0 Å². The van der Waals surface area contributed by atoms with Crippen LogP contribution in [0.25, 0.3) is 0 Å². The third kappa shape index (κ3) is 3.84. The maximum absolute atomic E-state index is 11.7. The van der Waals surface area contributed by atoms with Crippen molar-refractivity contribution in [2.75, 3.05) is 10.6 Å². The lowest BCUT2D eigenvalue weighted by molar-refractivity contribution is -0.105. The van der Waals surface area contributed by atoms with Crippen LogP contribution in [0.3, 0.4) is 0 Å². The summed E-state index contributed by atoms with van der Waals surface area (Å²) in [4.78, 5) is 22.1. The largest absolute Gasteiger partial charge is 0.417 e. The van der Waals surface area contributed by atoms with Crippen LogP contribution in [0.1, 0.15) is 5.56 Å². The number of ether oxygens (including phenoxy) is 1. The zero-order valence-electron chi connectivity index (χ0n) is 10.9. The SMILES string of the molecule is Cc1cccc(NC(=O)Oc2cccc(NC=O)c2)c1. The molecule has 102 valence electrons. The molecule has 0 saturated heterocycles. The van der Waals surface area contributed by atoms with Gasteiger partial charge in [0.15, 0.2) is 0 Å². The van der Waals surface area contributed by atoms with Gasteiger partial charge in [0.2, 0.25) is 6.41 Å². The van der Waals surface area contributed by atoms with Crippen LogP contribution in [-0.4, -0.2) is 12.5 Å². The third-order valence-electron chi connectivity index (χ3n) is 2.53. The Balaban J connectivity index is 2.00. The highest BCUT2D eigenvalue weighted by atomic mass is 16.6. The highest BCUT2D eigenvalue weighted by Crippen LogP contribution is 2.18. The Kier molecular flexibility index (Phi) is 4.34. The highest BCUT2D eigenvalue weighted by molar-refractivity contribution is 5.86. The van der Waals surface area contributed by atoms with Crippen molar-refractivity contribution < 1.29 is 14.3 Å². The van der Waals surface area contributed by atoms with Crippen LogP contribution in [0.5, 0.6) is 5.75 Å². The van der Waals surface area contributed by atoms with Crippen molar-refractivity contribution >= 4 is 23.9 Å². The molecule has 0 fully saturated rings. The molecule has 0 bridgehead atoms. The molecular formula is C15H14N2O3. The van der Waals surface area contributed by atoms with Crippen molar-refractivity contribution in [3.63, 3.8) is 0 Å². The molecule has 0 saturated carbocycles. The Morgan fingerprint density at radius 2 is 1.85 bits per heavy atom. The summed E-state index contributed by atoms with van der Waals surface area (Å²) in [5.41, 5.74) is 2.26. The number of rotatable bonds is 4. The molecule has 0 aliphatic rings. The van der Waals surface area contributed by atoms with Crippen LogP contribution >= 0.6 is 0 Å². The lowest BCUT2D eigenvalue weighted by atomic mass is 10.2. The van der Waals surface area contributed by atoms with E-state index in [4.69, 9.17) is 4.74 Å². The monoisotopic (exact) mass is 270 g/mol. The Hall–Kier alpha value is -2.82. The molecule has 5 nitrogen and oxygen atoms in total. The molecular weight excluding hydrogens is 256 g/mol. The predicted octanol–water partition coefficient (Wildman–Crippen LogP) is 3.17. The number of benzene rings is 2. The minimum atomic E-state index is -0.584. The molecule has 0 heterocycles. The molecule has 2 N–H and O–H groups in total. The summed E-state index contributed by atoms with van der Waals surface area (Å²) in [5.74, 6) is 0.349. The molecule has 0 spiro atoms. The quantitative estimate of drug-likeness (QED) is 0.838. The van der Waals surface area contributed by atoms with Gasteiger partial charge in [-0.1, -0.05) is 18.2 Å². The molecule has 0 aliphatic carbocycles. The molecule has 0 radical (unpaired) electrons. The summed E-state index contributed by atoms with van der Waals surface area (Å²) in [7, 11) is 0. The number of nitrogens with one attached hydrogen (secondary N) is 2. The van der Waals surface area contributed by atoms with Crippen LogP contribution in [0.15, 0.2) is 48.5 Å². The Morgan fingerprint density at radius 1 is 1.10 bits per heavy atom. The topological polar surface area (TPSA) is 67.4 Å². The van der Waals surface area contributed by atoms with Crippen molar-refractivity contribution in [2.45, 2.75) is 6.92 Å². The zero-order chi connectivity index (χ0) is 14.4. The lowest BCUT2D eigenvalue weighted by Gasteiger charge is -2.08. The normalized spacial score (nSPS) is 9.65. The van der Waals surface area contributed by atoms with E-state index in [0.29, 0.717) is 23.5 Å². The molecule has 0 aliphatic heterocycles. The van der Waals surface area contributed by atoms with E-state index in [1.807, 2.05) is 25.1 Å². The van der Waals surface area contributed by atoms with Crippen LogP contribution in [0.2, 0.25) is 0 Å². The lowest BCUT2D eigenvalue weighted by Crippen LogP contribution is -2.16. The van der Waals surface area contributed by atoms with E-state index in [1.54, 1.807) is 30.3 Å². The molecule has 0 unspecified atom stereocenters. The number of carbonyl (C=O) groups is 2.